The van der Waals surface area contributed by atoms with E-state index in [2.05, 4.69) is 22.4 Å². The van der Waals surface area contributed by atoms with Gasteiger partial charge >= 0.3 is 0 Å². The van der Waals surface area contributed by atoms with Crippen molar-refractivity contribution in [3.63, 3.8) is 0 Å². The number of nitrogens with zero attached hydrogens (tertiary/aromatic N) is 2. The molecular formula is C6H12N2OS. The van der Waals surface area contributed by atoms with E-state index in [0.29, 0.717) is 5.71 Å². The maximum atomic E-state index is 8.19. The lowest BCUT2D eigenvalue weighted by molar-refractivity contribution is 0.322. The Balaban J connectivity index is 4.39. The van der Waals surface area contributed by atoms with Crippen LogP contribution >= 0.6 is 12.8 Å². The molecule has 0 aromatic rings. The molecule has 0 unspecified atom stereocenters. The second-order valence-electron chi connectivity index (χ2n) is 2.98. The molecule has 0 saturated carbocycles. The Bertz CT molecular complexity index is 158. The monoisotopic (exact) mass is 160 g/mol. The number of hydrogen-bond donors (Lipinski definition) is 2. The standard InChI is InChI=1S/C6H12N2OS/c1-6(2,3)5(8-10)4-7-9/h4,9-10H,1-3H3. The maximum absolute atomic E-state index is 8.19. The van der Waals surface area contributed by atoms with Gasteiger partial charge in [0, 0.05) is 5.41 Å². The van der Waals surface area contributed by atoms with Crippen molar-refractivity contribution >= 4 is 24.7 Å². The van der Waals surface area contributed by atoms with Crippen molar-refractivity contribution in [2.75, 3.05) is 0 Å². The fourth-order valence-electron chi connectivity index (χ4n) is 0.424. The van der Waals surface area contributed by atoms with Gasteiger partial charge in [-0.05, 0) is 12.8 Å². The van der Waals surface area contributed by atoms with Gasteiger partial charge in [-0.15, -0.1) is 0 Å². The Morgan fingerprint density at radius 3 is 2.10 bits per heavy atom. The molecule has 58 valence electrons. The summed E-state index contributed by atoms with van der Waals surface area (Å²) in [5.41, 5.74) is 0.534. The van der Waals surface area contributed by atoms with Crippen molar-refractivity contribution in [2.45, 2.75) is 20.8 Å². The first-order valence-corrected chi connectivity index (χ1v) is 3.32. The van der Waals surface area contributed by atoms with Crippen LogP contribution in [-0.4, -0.2) is 17.1 Å². The summed E-state index contributed by atoms with van der Waals surface area (Å²) < 4.78 is 3.65. The number of oxime groups is 1. The van der Waals surface area contributed by atoms with Crippen molar-refractivity contribution in [1.29, 1.82) is 0 Å². The fraction of sp³-hybridized carbons (Fsp3) is 0.667. The molecular weight excluding hydrogens is 148 g/mol. The van der Waals surface area contributed by atoms with E-state index in [0.717, 1.165) is 0 Å². The highest BCUT2D eigenvalue weighted by molar-refractivity contribution is 7.79. The van der Waals surface area contributed by atoms with Crippen molar-refractivity contribution in [3.05, 3.63) is 0 Å². The van der Waals surface area contributed by atoms with Crippen LogP contribution < -0.4 is 0 Å². The number of thiol groups is 1. The molecule has 1 N–H and O–H groups in total. The van der Waals surface area contributed by atoms with E-state index in [1.807, 2.05) is 20.8 Å². The molecule has 0 spiro atoms. The largest absolute Gasteiger partial charge is 0.411 e. The van der Waals surface area contributed by atoms with Gasteiger partial charge in [-0.25, -0.2) is 4.40 Å². The van der Waals surface area contributed by atoms with Gasteiger partial charge in [0.2, 0.25) is 0 Å². The van der Waals surface area contributed by atoms with Crippen LogP contribution in [0.25, 0.3) is 0 Å². The second-order valence-corrected chi connectivity index (χ2v) is 3.18. The summed E-state index contributed by atoms with van der Waals surface area (Å²) >= 11 is 3.73. The molecule has 0 aromatic carbocycles. The van der Waals surface area contributed by atoms with Crippen LogP contribution in [0.5, 0.6) is 0 Å². The van der Waals surface area contributed by atoms with E-state index >= 15 is 0 Å². The SMILES string of the molecule is CC(C)(C)C(C=NO)=NS. The zero-order chi connectivity index (χ0) is 8.20. The second kappa shape index (κ2) is 3.61. The minimum atomic E-state index is -0.117. The molecule has 0 aliphatic heterocycles. The number of rotatable bonds is 1. The van der Waals surface area contributed by atoms with Gasteiger partial charge in [-0.1, -0.05) is 25.9 Å². The Hall–Kier alpha value is -0.510. The first kappa shape index (κ1) is 9.49. The lowest BCUT2D eigenvalue weighted by atomic mass is 9.91. The average molecular weight is 160 g/mol. The van der Waals surface area contributed by atoms with Crippen LogP contribution in [0.15, 0.2) is 9.55 Å². The lowest BCUT2D eigenvalue weighted by Crippen LogP contribution is -2.20. The maximum Gasteiger partial charge on any atom is 0.0888 e. The molecule has 0 amide bonds. The van der Waals surface area contributed by atoms with Gasteiger partial charge in [0.25, 0.3) is 0 Å². The molecule has 0 aromatic heterocycles. The van der Waals surface area contributed by atoms with Crippen LogP contribution in [0.2, 0.25) is 0 Å². The van der Waals surface area contributed by atoms with Gasteiger partial charge in [0.05, 0.1) is 11.9 Å². The van der Waals surface area contributed by atoms with E-state index in [1.54, 1.807) is 0 Å². The molecule has 0 fully saturated rings. The summed E-state index contributed by atoms with van der Waals surface area (Å²) in [5.74, 6) is 0. The third-order valence-electron chi connectivity index (χ3n) is 1.06. The van der Waals surface area contributed by atoms with E-state index in [1.165, 1.54) is 6.21 Å². The molecule has 0 saturated heterocycles. The van der Waals surface area contributed by atoms with Gasteiger partial charge in [-0.3, -0.25) is 0 Å². The minimum absolute atomic E-state index is 0.117. The average Bonchev–Trinajstić information content (AvgIpc) is 1.80. The summed E-state index contributed by atoms with van der Waals surface area (Å²) in [6.45, 7) is 5.89. The van der Waals surface area contributed by atoms with E-state index < -0.39 is 0 Å². The highest BCUT2D eigenvalue weighted by atomic mass is 32.1. The zero-order valence-electron chi connectivity index (χ0n) is 6.37. The molecule has 3 nitrogen and oxygen atoms in total. The van der Waals surface area contributed by atoms with E-state index in [4.69, 9.17) is 5.21 Å². The highest BCUT2D eigenvalue weighted by Gasteiger charge is 2.16. The van der Waals surface area contributed by atoms with Gasteiger partial charge in [0.15, 0.2) is 0 Å². The molecule has 0 aliphatic carbocycles. The molecule has 0 heterocycles. The molecule has 10 heavy (non-hydrogen) atoms. The molecule has 4 heteroatoms. The van der Waals surface area contributed by atoms with Crippen LogP contribution in [0, 0.1) is 5.41 Å². The Morgan fingerprint density at radius 1 is 1.50 bits per heavy atom. The lowest BCUT2D eigenvalue weighted by Gasteiger charge is -2.15. The molecule has 0 bridgehead atoms. The fourth-order valence-corrected chi connectivity index (χ4v) is 0.776. The summed E-state index contributed by atoms with van der Waals surface area (Å²) in [5, 5.41) is 11.1. The van der Waals surface area contributed by atoms with Gasteiger partial charge in [-0.2, -0.15) is 0 Å². The first-order chi connectivity index (χ1) is 4.52. The molecule has 0 radical (unpaired) electrons. The first-order valence-electron chi connectivity index (χ1n) is 2.92. The highest BCUT2D eigenvalue weighted by Crippen LogP contribution is 2.15. The van der Waals surface area contributed by atoms with Crippen LogP contribution in [0.4, 0.5) is 0 Å². The Kier molecular flexibility index (Phi) is 3.42. The topological polar surface area (TPSA) is 45.0 Å². The summed E-state index contributed by atoms with van der Waals surface area (Å²) in [6, 6.07) is 0. The normalized spacial score (nSPS) is 14.6. The van der Waals surface area contributed by atoms with Crippen LogP contribution in [-0.2, 0) is 0 Å². The summed E-state index contributed by atoms with van der Waals surface area (Å²) in [7, 11) is 0. The van der Waals surface area contributed by atoms with E-state index in [-0.39, 0.29) is 5.41 Å². The minimum Gasteiger partial charge on any atom is -0.411 e. The van der Waals surface area contributed by atoms with Gasteiger partial charge in [0.1, 0.15) is 0 Å². The third-order valence-corrected chi connectivity index (χ3v) is 1.27. The molecule has 0 aliphatic rings. The zero-order valence-corrected chi connectivity index (χ0v) is 7.26. The third kappa shape index (κ3) is 2.87. The van der Waals surface area contributed by atoms with Crippen molar-refractivity contribution in [2.24, 2.45) is 15.0 Å². The predicted molar refractivity (Wildman–Crippen MR) is 46.2 cm³/mol. The van der Waals surface area contributed by atoms with Crippen molar-refractivity contribution in [3.8, 4) is 0 Å². The van der Waals surface area contributed by atoms with Crippen molar-refractivity contribution < 1.29 is 5.21 Å². The quantitative estimate of drug-likeness (QED) is 0.261. The Labute approximate surface area is 66.4 Å². The van der Waals surface area contributed by atoms with Crippen LogP contribution in [0.1, 0.15) is 20.8 Å². The van der Waals surface area contributed by atoms with E-state index in [9.17, 15) is 0 Å². The van der Waals surface area contributed by atoms with Crippen LogP contribution in [0.3, 0.4) is 0 Å². The molecule has 0 atom stereocenters. The predicted octanol–water partition coefficient (Wildman–Crippen LogP) is 1.78. The Morgan fingerprint density at radius 2 is 2.00 bits per heavy atom. The number of hydrogen-bond acceptors (Lipinski definition) is 4. The smallest absolute Gasteiger partial charge is 0.0888 e. The van der Waals surface area contributed by atoms with Crippen molar-refractivity contribution in [1.82, 2.24) is 0 Å². The van der Waals surface area contributed by atoms with Gasteiger partial charge < -0.3 is 5.21 Å². The summed E-state index contributed by atoms with van der Waals surface area (Å²) in [4.78, 5) is 0. The molecule has 0 rings (SSSR count). The summed E-state index contributed by atoms with van der Waals surface area (Å²) in [6.07, 6.45) is 1.28.